The van der Waals surface area contributed by atoms with Gasteiger partial charge in [-0.3, -0.25) is 14.5 Å². The number of amides is 2. The lowest BCUT2D eigenvalue weighted by atomic mass is 9.85. The van der Waals surface area contributed by atoms with E-state index in [1.165, 1.54) is 0 Å². The van der Waals surface area contributed by atoms with Crippen LogP contribution in [-0.4, -0.2) is 73.0 Å². The fourth-order valence-electron chi connectivity index (χ4n) is 3.77. The van der Waals surface area contributed by atoms with Crippen molar-refractivity contribution in [2.45, 2.75) is 85.4 Å². The zero-order valence-corrected chi connectivity index (χ0v) is 20.1. The van der Waals surface area contributed by atoms with Gasteiger partial charge in [-0.2, -0.15) is 0 Å². The molecule has 0 aromatic heterocycles. The Kier molecular flexibility index (Phi) is 10.0. The largest absolute Gasteiger partial charge is 0.463 e. The molecule has 1 heterocycles. The number of rotatable bonds is 8. The van der Waals surface area contributed by atoms with E-state index in [1.54, 1.807) is 31.9 Å². The molecule has 0 saturated carbocycles. The second-order valence-corrected chi connectivity index (χ2v) is 9.29. The third-order valence-electron chi connectivity index (χ3n) is 5.78. The first kappa shape index (κ1) is 26.1. The van der Waals surface area contributed by atoms with Crippen LogP contribution in [0.4, 0.5) is 0 Å². The summed E-state index contributed by atoms with van der Waals surface area (Å²) in [6, 6.07) is -1.12. The molecule has 0 radical (unpaired) electrons. The van der Waals surface area contributed by atoms with E-state index in [9.17, 15) is 14.4 Å². The summed E-state index contributed by atoms with van der Waals surface area (Å²) < 4.78 is 5.05. The highest BCUT2D eigenvalue weighted by Gasteiger charge is 2.38. The molecule has 1 unspecified atom stereocenters. The summed E-state index contributed by atoms with van der Waals surface area (Å²) in [5.41, 5.74) is 0.0235. The average Bonchev–Trinajstić information content (AvgIpc) is 2.68. The molecule has 1 rings (SSSR count). The summed E-state index contributed by atoms with van der Waals surface area (Å²) in [5.74, 6) is -0.628. The molecule has 1 N–H and O–H groups in total. The lowest BCUT2D eigenvalue weighted by Gasteiger charge is -2.38. The number of carbonyl (C=O) groups is 3. The molecule has 7 nitrogen and oxygen atoms in total. The van der Waals surface area contributed by atoms with Crippen molar-refractivity contribution >= 4 is 17.8 Å². The Hall–Kier alpha value is -1.89. The van der Waals surface area contributed by atoms with Gasteiger partial charge in [-0.05, 0) is 52.1 Å². The van der Waals surface area contributed by atoms with Crippen LogP contribution < -0.4 is 5.32 Å². The molecule has 0 aromatic carbocycles. The molecular weight excluding hydrogens is 382 g/mol. The molecule has 0 aliphatic carbocycles. The summed E-state index contributed by atoms with van der Waals surface area (Å²) in [7, 11) is 3.68. The van der Waals surface area contributed by atoms with Gasteiger partial charge in [-0.15, -0.1) is 0 Å². The Morgan fingerprint density at radius 3 is 2.37 bits per heavy atom. The van der Waals surface area contributed by atoms with Crippen LogP contribution in [0, 0.1) is 5.41 Å². The van der Waals surface area contributed by atoms with Gasteiger partial charge in [0, 0.05) is 12.6 Å². The van der Waals surface area contributed by atoms with Crippen molar-refractivity contribution in [3.63, 3.8) is 0 Å². The molecule has 3 atom stereocenters. The quantitative estimate of drug-likeness (QED) is 0.480. The van der Waals surface area contributed by atoms with Gasteiger partial charge in [0.15, 0.2) is 0 Å². The SMILES string of the molecule is CCOC(=O)/C(C)=C/[C@H](CC)N(C)C(=O)[C@@H](NC(=O)C1CCCCN1C)C(C)(C)C. The number of hydrogen-bond acceptors (Lipinski definition) is 5. The van der Waals surface area contributed by atoms with E-state index in [4.69, 9.17) is 4.74 Å². The average molecular weight is 424 g/mol. The van der Waals surface area contributed by atoms with Crippen molar-refractivity contribution in [2.24, 2.45) is 5.41 Å². The first-order valence-corrected chi connectivity index (χ1v) is 11.1. The van der Waals surface area contributed by atoms with Gasteiger partial charge in [0.1, 0.15) is 6.04 Å². The number of nitrogens with zero attached hydrogens (tertiary/aromatic N) is 2. The monoisotopic (exact) mass is 423 g/mol. The van der Waals surface area contributed by atoms with E-state index in [0.29, 0.717) is 18.6 Å². The second-order valence-electron chi connectivity index (χ2n) is 9.29. The van der Waals surface area contributed by atoms with Gasteiger partial charge < -0.3 is 15.0 Å². The Labute approximate surface area is 182 Å². The molecule has 2 amide bonds. The van der Waals surface area contributed by atoms with E-state index in [2.05, 4.69) is 10.2 Å². The molecule has 1 saturated heterocycles. The highest BCUT2D eigenvalue weighted by atomic mass is 16.5. The van der Waals surface area contributed by atoms with Gasteiger partial charge in [-0.25, -0.2) is 4.79 Å². The highest BCUT2D eigenvalue weighted by molar-refractivity contribution is 5.91. The van der Waals surface area contributed by atoms with Gasteiger partial charge in [-0.1, -0.05) is 40.2 Å². The van der Waals surface area contributed by atoms with Crippen LogP contribution in [0.25, 0.3) is 0 Å². The molecule has 0 aromatic rings. The molecule has 7 heteroatoms. The van der Waals surface area contributed by atoms with Crippen molar-refractivity contribution in [3.8, 4) is 0 Å². The van der Waals surface area contributed by atoms with Crippen molar-refractivity contribution in [3.05, 3.63) is 11.6 Å². The Balaban J connectivity index is 3.02. The predicted molar refractivity (Wildman–Crippen MR) is 119 cm³/mol. The number of esters is 1. The highest BCUT2D eigenvalue weighted by Crippen LogP contribution is 2.24. The Morgan fingerprint density at radius 1 is 1.23 bits per heavy atom. The minimum Gasteiger partial charge on any atom is -0.463 e. The maximum absolute atomic E-state index is 13.4. The zero-order valence-electron chi connectivity index (χ0n) is 20.1. The van der Waals surface area contributed by atoms with Crippen molar-refractivity contribution in [1.29, 1.82) is 0 Å². The Bertz CT molecular complexity index is 639. The van der Waals surface area contributed by atoms with E-state index in [1.807, 2.05) is 34.7 Å². The zero-order chi connectivity index (χ0) is 23.1. The van der Waals surface area contributed by atoms with E-state index in [0.717, 1.165) is 25.8 Å². The number of likely N-dealkylation sites (tertiary alicyclic amines) is 1. The fourth-order valence-corrected chi connectivity index (χ4v) is 3.77. The number of carbonyl (C=O) groups excluding carboxylic acids is 3. The summed E-state index contributed by atoms with van der Waals surface area (Å²) >= 11 is 0. The minimum absolute atomic E-state index is 0.0924. The summed E-state index contributed by atoms with van der Waals surface area (Å²) in [6.07, 6.45) is 5.34. The number of hydrogen-bond donors (Lipinski definition) is 1. The van der Waals surface area contributed by atoms with Crippen LogP contribution in [0.5, 0.6) is 0 Å². The van der Waals surface area contributed by atoms with Gasteiger partial charge in [0.2, 0.25) is 11.8 Å². The Morgan fingerprint density at radius 2 is 1.87 bits per heavy atom. The van der Waals surface area contributed by atoms with Crippen LogP contribution in [0.1, 0.15) is 67.2 Å². The van der Waals surface area contributed by atoms with Crippen molar-refractivity contribution in [2.75, 3.05) is 27.2 Å². The third-order valence-corrected chi connectivity index (χ3v) is 5.78. The van der Waals surface area contributed by atoms with Crippen molar-refractivity contribution < 1.29 is 19.1 Å². The minimum atomic E-state index is -0.657. The topological polar surface area (TPSA) is 79.0 Å². The molecule has 0 bridgehead atoms. The van der Waals surface area contributed by atoms with Crippen LogP contribution in [0.15, 0.2) is 11.6 Å². The first-order chi connectivity index (χ1) is 13.9. The van der Waals surface area contributed by atoms with E-state index >= 15 is 0 Å². The van der Waals surface area contributed by atoms with Crippen LogP contribution in [0.3, 0.4) is 0 Å². The maximum atomic E-state index is 13.4. The normalized spacial score (nSPS) is 20.3. The second kappa shape index (κ2) is 11.5. The molecular formula is C23H41N3O4. The smallest absolute Gasteiger partial charge is 0.333 e. The number of piperidine rings is 1. The van der Waals surface area contributed by atoms with Crippen LogP contribution >= 0.6 is 0 Å². The number of nitrogens with one attached hydrogen (secondary N) is 1. The lowest BCUT2D eigenvalue weighted by molar-refractivity contribution is -0.141. The summed E-state index contributed by atoms with van der Waals surface area (Å²) in [4.78, 5) is 42.1. The van der Waals surface area contributed by atoms with E-state index < -0.39 is 11.5 Å². The van der Waals surface area contributed by atoms with Crippen LogP contribution in [0.2, 0.25) is 0 Å². The van der Waals surface area contributed by atoms with Gasteiger partial charge >= 0.3 is 5.97 Å². The van der Waals surface area contributed by atoms with Gasteiger partial charge in [0.05, 0.1) is 18.7 Å². The van der Waals surface area contributed by atoms with Crippen LogP contribution in [-0.2, 0) is 19.1 Å². The molecule has 1 aliphatic rings. The number of likely N-dealkylation sites (N-methyl/N-ethyl adjacent to an activating group) is 2. The molecule has 0 spiro atoms. The predicted octanol–water partition coefficient (Wildman–Crippen LogP) is 2.75. The standard InChI is InChI=1S/C23H41N3O4/c1-9-17(15-16(3)22(29)30-10-2)26(8)21(28)19(23(4,5)6)24-20(27)18-13-11-12-14-25(18)7/h15,17-19H,9-14H2,1-8H3,(H,24,27)/b16-15+/t17-,18?,19+/m0/s1. The van der Waals surface area contributed by atoms with Gasteiger partial charge in [0.25, 0.3) is 0 Å². The molecule has 30 heavy (non-hydrogen) atoms. The summed E-state index contributed by atoms with van der Waals surface area (Å²) in [6.45, 7) is 12.5. The third kappa shape index (κ3) is 7.11. The summed E-state index contributed by atoms with van der Waals surface area (Å²) in [5, 5.41) is 3.03. The fraction of sp³-hybridized carbons (Fsp3) is 0.783. The number of ether oxygens (including phenoxy) is 1. The molecule has 1 aliphatic heterocycles. The first-order valence-electron chi connectivity index (χ1n) is 11.1. The maximum Gasteiger partial charge on any atom is 0.333 e. The van der Waals surface area contributed by atoms with E-state index in [-0.39, 0.29) is 29.9 Å². The molecule has 1 fully saturated rings. The van der Waals surface area contributed by atoms with Crippen molar-refractivity contribution in [1.82, 2.24) is 15.1 Å². The molecule has 172 valence electrons. The lowest BCUT2D eigenvalue weighted by Crippen LogP contribution is -2.59.